The van der Waals surface area contributed by atoms with Crippen molar-refractivity contribution in [3.05, 3.63) is 120 Å². The number of benzene rings is 4. The van der Waals surface area contributed by atoms with Gasteiger partial charge in [0.2, 0.25) is 0 Å². The van der Waals surface area contributed by atoms with Crippen molar-refractivity contribution in [1.29, 1.82) is 0 Å². The standard InChI is InChI=1S/4C6H4F.Al/c4*7-6-4-2-1-3-5-6;/h4*1-4H;/q;;;;-1. The Morgan fingerprint density at radius 2 is 0.552 bits per heavy atom. The van der Waals surface area contributed by atoms with Crippen molar-refractivity contribution in [3.63, 3.8) is 0 Å². The fourth-order valence-corrected chi connectivity index (χ4v) is 9.96. The summed E-state index contributed by atoms with van der Waals surface area (Å²) in [5.74, 6) is -2.47. The van der Waals surface area contributed by atoms with Gasteiger partial charge < -0.3 is 0 Å². The minimum absolute atomic E-state index is 0.125. The molecule has 0 saturated carbocycles. The molecule has 5 heteroatoms. The van der Waals surface area contributed by atoms with E-state index in [1.807, 2.05) is 0 Å². The van der Waals surface area contributed by atoms with E-state index in [4.69, 9.17) is 0 Å². The van der Waals surface area contributed by atoms with Crippen LogP contribution in [0.1, 0.15) is 0 Å². The smallest absolute Gasteiger partial charge is 0.211 e. The van der Waals surface area contributed by atoms with Gasteiger partial charge in [0.25, 0.3) is 13.1 Å². The Balaban J connectivity index is 2.28. The van der Waals surface area contributed by atoms with Crippen LogP contribution in [0.25, 0.3) is 0 Å². The van der Waals surface area contributed by atoms with Crippen molar-refractivity contribution in [2.24, 2.45) is 0 Å². The molecule has 0 nitrogen and oxygen atoms in total. The van der Waals surface area contributed by atoms with Gasteiger partial charge >= 0.3 is 0 Å². The summed E-state index contributed by atoms with van der Waals surface area (Å²) in [5.41, 5.74) is 0. The summed E-state index contributed by atoms with van der Waals surface area (Å²) in [4.78, 5) is 0. The van der Waals surface area contributed by atoms with Gasteiger partial charge in [0.15, 0.2) is 0 Å². The molecule has 0 spiro atoms. The van der Waals surface area contributed by atoms with Gasteiger partial charge in [0, 0.05) is 0 Å². The van der Waals surface area contributed by atoms with Crippen LogP contribution in [-0.4, -0.2) is 13.1 Å². The lowest BCUT2D eigenvalue weighted by Crippen LogP contribution is -2.77. The minimum Gasteiger partial charge on any atom is -0.211 e. The predicted molar refractivity (Wildman–Crippen MR) is 110 cm³/mol. The molecule has 0 saturated heterocycles. The maximum absolute atomic E-state index is 15.2. The summed E-state index contributed by atoms with van der Waals surface area (Å²) < 4.78 is 61.3. The van der Waals surface area contributed by atoms with E-state index >= 15 is 17.6 Å². The second-order valence-corrected chi connectivity index (χ2v) is 11.2. The Morgan fingerprint density at radius 3 is 0.759 bits per heavy atom. The predicted octanol–water partition coefficient (Wildman–Crippen LogP) is 3.62. The van der Waals surface area contributed by atoms with Crippen LogP contribution >= 0.6 is 0 Å². The highest BCUT2D eigenvalue weighted by atomic mass is 27.2. The summed E-state index contributed by atoms with van der Waals surface area (Å²) in [6.07, 6.45) is 0. The van der Waals surface area contributed by atoms with E-state index in [1.54, 1.807) is 24.3 Å². The Kier molecular flexibility index (Phi) is 5.28. The van der Waals surface area contributed by atoms with Crippen molar-refractivity contribution in [1.82, 2.24) is 0 Å². The molecule has 0 radical (unpaired) electrons. The van der Waals surface area contributed by atoms with Crippen molar-refractivity contribution in [2.45, 2.75) is 0 Å². The molecule has 4 rings (SSSR count). The third kappa shape index (κ3) is 3.17. The Hall–Kier alpha value is -2.87. The SMILES string of the molecule is Fc1cccc[c]1[Al-]([c]1ccccc1F)([c]1ccccc1F)[c]1ccccc1F. The van der Waals surface area contributed by atoms with Gasteiger partial charge in [-0.3, -0.25) is 0 Å². The highest BCUT2D eigenvalue weighted by Crippen LogP contribution is 2.16. The van der Waals surface area contributed by atoms with E-state index < -0.39 is 36.3 Å². The second-order valence-electron chi connectivity index (χ2n) is 6.95. The maximum atomic E-state index is 15.2. The minimum atomic E-state index is -4.40. The van der Waals surface area contributed by atoms with Gasteiger partial charge in [0.1, 0.15) is 0 Å². The van der Waals surface area contributed by atoms with Crippen LogP contribution in [0.2, 0.25) is 0 Å². The normalized spacial score (nSPS) is 11.4. The lowest BCUT2D eigenvalue weighted by Gasteiger charge is -2.41. The van der Waals surface area contributed by atoms with Crippen LogP contribution < -0.4 is 17.7 Å². The van der Waals surface area contributed by atoms with Crippen LogP contribution in [0.3, 0.4) is 0 Å². The monoisotopic (exact) mass is 407 g/mol. The number of rotatable bonds is 4. The average Bonchev–Trinajstić information content (AvgIpc) is 2.73. The third-order valence-corrected chi connectivity index (χ3v) is 11.1. The molecule has 0 aliphatic rings. The molecule has 0 aromatic heterocycles. The molecule has 4 aromatic carbocycles. The molecule has 0 amide bonds. The molecular formula is C24H16AlF4-. The molecule has 0 aliphatic carbocycles. The molecule has 0 bridgehead atoms. The quantitative estimate of drug-likeness (QED) is 0.358. The summed E-state index contributed by atoms with van der Waals surface area (Å²) >= 11 is -4.40. The summed E-state index contributed by atoms with van der Waals surface area (Å²) in [7, 11) is 0. The largest absolute Gasteiger partial charge is 0.281 e. The molecule has 0 fully saturated rings. The van der Waals surface area contributed by atoms with Crippen molar-refractivity contribution in [3.8, 4) is 0 Å². The van der Waals surface area contributed by atoms with Crippen LogP contribution in [0.15, 0.2) is 97.1 Å². The Labute approximate surface area is 168 Å². The van der Waals surface area contributed by atoms with Gasteiger partial charge in [-0.15, -0.1) is 24.3 Å². The summed E-state index contributed by atoms with van der Waals surface area (Å²) in [6.45, 7) is 0. The van der Waals surface area contributed by atoms with Gasteiger partial charge in [-0.1, -0.05) is 48.5 Å². The third-order valence-electron chi connectivity index (χ3n) is 5.49. The molecule has 0 unspecified atom stereocenters. The van der Waals surface area contributed by atoms with E-state index in [0.29, 0.717) is 0 Å². The number of halogens is 4. The average molecular weight is 407 g/mol. The van der Waals surface area contributed by atoms with Gasteiger partial charge in [-0.05, 0) is 24.3 Å². The number of hydrogen-bond acceptors (Lipinski definition) is 0. The van der Waals surface area contributed by atoms with Crippen molar-refractivity contribution in [2.75, 3.05) is 0 Å². The van der Waals surface area contributed by atoms with Crippen molar-refractivity contribution < 1.29 is 17.6 Å². The number of hydrogen-bond donors (Lipinski definition) is 0. The first kappa shape index (κ1) is 19.4. The van der Waals surface area contributed by atoms with E-state index in [9.17, 15) is 0 Å². The summed E-state index contributed by atoms with van der Waals surface area (Å²) in [6, 6.07) is 23.4. The fourth-order valence-electron chi connectivity index (χ4n) is 4.31. The van der Waals surface area contributed by atoms with E-state index in [2.05, 4.69) is 0 Å². The molecule has 29 heavy (non-hydrogen) atoms. The van der Waals surface area contributed by atoms with Gasteiger partial charge in [-0.2, -0.15) is 17.7 Å². The first-order valence-corrected chi connectivity index (χ1v) is 11.5. The first-order chi connectivity index (χ1) is 14.1. The molecule has 0 N–H and O–H groups in total. The zero-order valence-corrected chi connectivity index (χ0v) is 16.5. The zero-order valence-electron chi connectivity index (χ0n) is 15.3. The topological polar surface area (TPSA) is 0 Å². The second kappa shape index (κ2) is 7.87. The summed E-state index contributed by atoms with van der Waals surface area (Å²) in [5, 5.41) is 0. The van der Waals surface area contributed by atoms with E-state index in [1.165, 1.54) is 72.8 Å². The lowest BCUT2D eigenvalue weighted by atomic mass is 10.3. The van der Waals surface area contributed by atoms with Gasteiger partial charge in [0.05, 0.1) is 23.3 Å². The Morgan fingerprint density at radius 1 is 0.345 bits per heavy atom. The highest BCUT2D eigenvalue weighted by molar-refractivity contribution is 7.20. The zero-order chi connectivity index (χ0) is 20.4. The fraction of sp³-hybridized carbons (Fsp3) is 0. The van der Waals surface area contributed by atoms with Crippen LogP contribution in [0.4, 0.5) is 17.6 Å². The lowest BCUT2D eigenvalue weighted by molar-refractivity contribution is 0.627. The maximum Gasteiger partial charge on any atom is 0.281 e. The molecule has 4 aromatic rings. The molecular weight excluding hydrogens is 391 g/mol. The van der Waals surface area contributed by atoms with Crippen LogP contribution in [0.5, 0.6) is 0 Å². The van der Waals surface area contributed by atoms with Crippen LogP contribution in [-0.2, 0) is 0 Å². The van der Waals surface area contributed by atoms with Gasteiger partial charge in [-0.25, -0.2) is 17.6 Å². The van der Waals surface area contributed by atoms with E-state index in [-0.39, 0.29) is 17.7 Å². The molecule has 0 aliphatic heterocycles. The van der Waals surface area contributed by atoms with E-state index in [0.717, 1.165) is 0 Å². The molecule has 0 heterocycles. The highest BCUT2D eigenvalue weighted by Gasteiger charge is 2.43. The first-order valence-electron chi connectivity index (χ1n) is 9.22. The van der Waals surface area contributed by atoms with Crippen LogP contribution in [0, 0.1) is 23.3 Å². The Bertz CT molecular complexity index is 985. The molecule has 0 atom stereocenters. The molecule has 144 valence electrons. The van der Waals surface area contributed by atoms with Crippen molar-refractivity contribution >= 4 is 30.8 Å².